The molecule has 0 spiro atoms. The molecule has 1 unspecified atom stereocenters. The zero-order valence-electron chi connectivity index (χ0n) is 19.5. The van der Waals surface area contributed by atoms with Crippen molar-refractivity contribution in [2.75, 3.05) is 0 Å². The molecule has 0 N–H and O–H groups in total. The number of benzene rings is 4. The maximum absolute atomic E-state index is 12.6. The Kier molecular flexibility index (Phi) is 6.76. The van der Waals surface area contributed by atoms with Gasteiger partial charge >= 0.3 is 5.97 Å². The highest BCUT2D eigenvalue weighted by Crippen LogP contribution is 2.43. The third-order valence-electron chi connectivity index (χ3n) is 6.41. The van der Waals surface area contributed by atoms with Crippen LogP contribution in [0.25, 0.3) is 0 Å². The zero-order valence-corrected chi connectivity index (χ0v) is 19.5. The first-order valence-corrected chi connectivity index (χ1v) is 12.0. The molecule has 0 amide bonds. The van der Waals surface area contributed by atoms with Crippen molar-refractivity contribution in [1.82, 2.24) is 0 Å². The monoisotopic (exact) mass is 460 g/mol. The maximum atomic E-state index is 12.6. The molecule has 1 aliphatic heterocycles. The molecule has 0 aliphatic carbocycles. The van der Waals surface area contributed by atoms with Gasteiger partial charge in [0.2, 0.25) is 0 Å². The van der Waals surface area contributed by atoms with E-state index in [-0.39, 0.29) is 12.1 Å². The Morgan fingerprint density at radius 1 is 0.686 bits per heavy atom. The van der Waals surface area contributed by atoms with E-state index in [0.29, 0.717) is 12.2 Å². The second kappa shape index (κ2) is 10.4. The largest absolute Gasteiger partial charge is 0.477 e. The molecule has 1 heterocycles. The van der Waals surface area contributed by atoms with Gasteiger partial charge in [0.25, 0.3) is 0 Å². The van der Waals surface area contributed by atoms with E-state index in [2.05, 4.69) is 48.5 Å². The lowest BCUT2D eigenvalue weighted by atomic mass is 9.80. The van der Waals surface area contributed by atoms with E-state index in [1.807, 2.05) is 72.8 Å². The van der Waals surface area contributed by atoms with E-state index >= 15 is 0 Å². The fourth-order valence-corrected chi connectivity index (χ4v) is 4.75. The van der Waals surface area contributed by atoms with Gasteiger partial charge in [-0.25, -0.2) is 4.79 Å². The second-order valence-electron chi connectivity index (χ2n) is 8.78. The molecule has 5 rings (SSSR count). The summed E-state index contributed by atoms with van der Waals surface area (Å²) in [6.07, 6.45) is 3.39. The summed E-state index contributed by atoms with van der Waals surface area (Å²) in [4.78, 5) is 12.6. The average Bonchev–Trinajstić information content (AvgIpc) is 2.92. The van der Waals surface area contributed by atoms with Gasteiger partial charge < -0.3 is 9.47 Å². The molecular formula is C32H28O3. The van der Waals surface area contributed by atoms with E-state index < -0.39 is 5.60 Å². The molecule has 4 aromatic carbocycles. The highest BCUT2D eigenvalue weighted by molar-refractivity contribution is 5.83. The number of aryl methyl sites for hydroxylation is 1. The summed E-state index contributed by atoms with van der Waals surface area (Å²) >= 11 is 0. The smallest absolute Gasteiger partial charge is 0.334 e. The molecule has 1 aliphatic rings. The number of ether oxygens (including phenoxy) is 2. The Balaban J connectivity index is 1.52. The summed E-state index contributed by atoms with van der Waals surface area (Å²) in [5.41, 5.74) is 3.32. The van der Waals surface area contributed by atoms with Gasteiger partial charge in [-0.15, -0.1) is 0 Å². The molecule has 0 saturated carbocycles. The van der Waals surface area contributed by atoms with Gasteiger partial charge in [0.15, 0.2) is 5.60 Å². The summed E-state index contributed by atoms with van der Waals surface area (Å²) in [6.45, 7) is 0. The first kappa shape index (κ1) is 22.7. The van der Waals surface area contributed by atoms with Gasteiger partial charge in [-0.3, -0.25) is 0 Å². The van der Waals surface area contributed by atoms with Crippen molar-refractivity contribution in [2.45, 2.75) is 31.0 Å². The highest BCUT2D eigenvalue weighted by Gasteiger charge is 2.40. The van der Waals surface area contributed by atoms with Crippen LogP contribution in [-0.4, -0.2) is 12.1 Å². The molecular weight excluding hydrogens is 432 g/mol. The number of cyclic esters (lactones) is 1. The summed E-state index contributed by atoms with van der Waals surface area (Å²) < 4.78 is 12.6. The quantitative estimate of drug-likeness (QED) is 0.214. The molecule has 174 valence electrons. The van der Waals surface area contributed by atoms with Crippen molar-refractivity contribution in [1.29, 1.82) is 0 Å². The lowest BCUT2D eigenvalue weighted by Crippen LogP contribution is -2.35. The van der Waals surface area contributed by atoms with E-state index in [9.17, 15) is 4.79 Å². The van der Waals surface area contributed by atoms with Crippen molar-refractivity contribution >= 4 is 5.97 Å². The van der Waals surface area contributed by atoms with Crippen LogP contribution in [0, 0.1) is 0 Å². The van der Waals surface area contributed by atoms with Crippen molar-refractivity contribution < 1.29 is 14.3 Å². The zero-order chi connectivity index (χ0) is 23.9. The van der Waals surface area contributed by atoms with Crippen LogP contribution in [0.1, 0.15) is 35.1 Å². The van der Waals surface area contributed by atoms with E-state index in [1.54, 1.807) is 0 Å². The van der Waals surface area contributed by atoms with Crippen LogP contribution in [0.3, 0.4) is 0 Å². The van der Waals surface area contributed by atoms with Crippen LogP contribution in [0.5, 0.6) is 0 Å². The Morgan fingerprint density at radius 3 is 1.63 bits per heavy atom. The fourth-order valence-electron chi connectivity index (χ4n) is 4.75. The number of esters is 1. The molecule has 4 aromatic rings. The van der Waals surface area contributed by atoms with Crippen LogP contribution in [0.15, 0.2) is 133 Å². The topological polar surface area (TPSA) is 35.5 Å². The van der Waals surface area contributed by atoms with Crippen molar-refractivity contribution in [3.05, 3.63) is 155 Å². The van der Waals surface area contributed by atoms with Gasteiger partial charge in [-0.05, 0) is 18.4 Å². The minimum absolute atomic E-state index is 0.234. The third kappa shape index (κ3) is 5.04. The van der Waals surface area contributed by atoms with Crippen molar-refractivity contribution in [3.8, 4) is 0 Å². The summed E-state index contributed by atoms with van der Waals surface area (Å²) in [7, 11) is 0. The van der Waals surface area contributed by atoms with Crippen LogP contribution < -0.4 is 0 Å². The summed E-state index contributed by atoms with van der Waals surface area (Å²) in [6, 6.07) is 40.9. The van der Waals surface area contributed by atoms with Gasteiger partial charge in [-0.2, -0.15) is 0 Å². The predicted molar refractivity (Wildman–Crippen MR) is 138 cm³/mol. The van der Waals surface area contributed by atoms with Gasteiger partial charge in [0.05, 0.1) is 6.08 Å². The van der Waals surface area contributed by atoms with Gasteiger partial charge in [0, 0.05) is 23.1 Å². The minimum Gasteiger partial charge on any atom is -0.477 e. The Morgan fingerprint density at radius 2 is 1.14 bits per heavy atom. The lowest BCUT2D eigenvalue weighted by Gasteiger charge is -2.38. The molecule has 3 nitrogen and oxygen atoms in total. The van der Waals surface area contributed by atoms with Crippen LogP contribution >= 0.6 is 0 Å². The molecule has 1 atom stereocenters. The van der Waals surface area contributed by atoms with Gasteiger partial charge in [0.1, 0.15) is 11.9 Å². The average molecular weight is 461 g/mol. The molecule has 3 heteroatoms. The highest BCUT2D eigenvalue weighted by atomic mass is 16.6. The number of hydrogen-bond donors (Lipinski definition) is 0. The number of hydrogen-bond acceptors (Lipinski definition) is 3. The predicted octanol–water partition coefficient (Wildman–Crippen LogP) is 6.83. The maximum Gasteiger partial charge on any atom is 0.334 e. The summed E-state index contributed by atoms with van der Waals surface area (Å²) in [5.74, 6) is 0.281. The van der Waals surface area contributed by atoms with Gasteiger partial charge in [-0.1, -0.05) is 121 Å². The Bertz CT molecular complexity index is 1170. The van der Waals surface area contributed by atoms with E-state index in [0.717, 1.165) is 29.5 Å². The second-order valence-corrected chi connectivity index (χ2v) is 8.78. The standard InChI is InChI=1S/C32H28O3/c33-31-24-30(23-29(34-31)22-21-25-13-5-1-6-14-25)35-32(26-15-7-2-8-16-26,27-17-9-3-10-18-27)28-19-11-4-12-20-28/h1-20,24,29H,21-23H2. The lowest BCUT2D eigenvalue weighted by molar-refractivity contribution is -0.146. The first-order valence-electron chi connectivity index (χ1n) is 12.0. The molecule has 0 saturated heterocycles. The summed E-state index contributed by atoms with van der Waals surface area (Å²) in [5, 5.41) is 0. The Hall–Kier alpha value is -4.11. The first-order chi connectivity index (χ1) is 17.2. The fraction of sp³-hybridized carbons (Fsp3) is 0.156. The van der Waals surface area contributed by atoms with Crippen LogP contribution in [0.4, 0.5) is 0 Å². The molecule has 0 radical (unpaired) electrons. The number of carbonyl (C=O) groups excluding carboxylic acids is 1. The Labute approximate surface area is 206 Å². The molecule has 0 bridgehead atoms. The molecule has 0 fully saturated rings. The SMILES string of the molecule is O=C1C=C(OC(c2ccccc2)(c2ccccc2)c2ccccc2)CC(CCc2ccccc2)O1. The minimum atomic E-state index is -0.906. The van der Waals surface area contributed by atoms with Crippen molar-refractivity contribution in [3.63, 3.8) is 0 Å². The van der Waals surface area contributed by atoms with E-state index in [4.69, 9.17) is 9.47 Å². The number of rotatable bonds is 8. The third-order valence-corrected chi connectivity index (χ3v) is 6.41. The van der Waals surface area contributed by atoms with Crippen LogP contribution in [0.2, 0.25) is 0 Å². The number of carbonyl (C=O) groups is 1. The van der Waals surface area contributed by atoms with E-state index in [1.165, 1.54) is 11.6 Å². The molecule has 0 aromatic heterocycles. The van der Waals surface area contributed by atoms with Crippen LogP contribution in [-0.2, 0) is 26.3 Å². The van der Waals surface area contributed by atoms with Crippen molar-refractivity contribution in [2.24, 2.45) is 0 Å². The normalized spacial score (nSPS) is 15.7. The molecule has 35 heavy (non-hydrogen) atoms.